The molecule has 0 bridgehead atoms. The molecule has 4 nitrogen and oxygen atoms in total. The van der Waals surface area contributed by atoms with E-state index in [1.807, 2.05) is 12.3 Å². The van der Waals surface area contributed by atoms with Gasteiger partial charge in [-0.1, -0.05) is 0 Å². The van der Waals surface area contributed by atoms with Crippen molar-refractivity contribution in [3.8, 4) is 0 Å². The Bertz CT molecular complexity index is 388. The number of carbonyl (C=O) groups is 1. The molecule has 94 valence electrons. The van der Waals surface area contributed by atoms with E-state index in [9.17, 15) is 4.79 Å². The van der Waals surface area contributed by atoms with E-state index in [-0.39, 0.29) is 18.6 Å². The highest BCUT2D eigenvalue weighted by atomic mass is 32.1. The van der Waals surface area contributed by atoms with Gasteiger partial charge in [-0.3, -0.25) is 4.79 Å². The van der Waals surface area contributed by atoms with E-state index in [1.54, 1.807) is 11.3 Å². The first-order valence-corrected chi connectivity index (χ1v) is 6.88. The van der Waals surface area contributed by atoms with Crippen LogP contribution >= 0.6 is 11.3 Å². The Labute approximate surface area is 105 Å². The molecule has 1 amide bonds. The third-order valence-corrected chi connectivity index (χ3v) is 3.81. The molecule has 1 aromatic heterocycles. The molecule has 2 N–H and O–H groups in total. The van der Waals surface area contributed by atoms with E-state index in [0.29, 0.717) is 18.8 Å². The minimum Gasteiger partial charge on any atom is -0.396 e. The molecule has 0 spiro atoms. The molecule has 5 heteroatoms. The van der Waals surface area contributed by atoms with Gasteiger partial charge in [-0.05, 0) is 32.1 Å². The van der Waals surface area contributed by atoms with E-state index < -0.39 is 0 Å². The summed E-state index contributed by atoms with van der Waals surface area (Å²) in [6.45, 7) is 2.07. The van der Waals surface area contributed by atoms with Gasteiger partial charge in [0.25, 0.3) is 0 Å². The van der Waals surface area contributed by atoms with Crippen LogP contribution in [0.5, 0.6) is 0 Å². The van der Waals surface area contributed by atoms with Crippen LogP contribution in [0, 0.1) is 12.8 Å². The first-order chi connectivity index (χ1) is 8.19. The SMILES string of the molecule is Cc1nc(CC(=O)NC(CCO)C2CC2)cs1. The number of aliphatic hydroxyl groups excluding tert-OH is 1. The van der Waals surface area contributed by atoms with Crippen LogP contribution in [0.15, 0.2) is 5.38 Å². The fourth-order valence-corrected chi connectivity index (χ4v) is 2.59. The highest BCUT2D eigenvalue weighted by molar-refractivity contribution is 7.09. The average molecular weight is 254 g/mol. The Kier molecular flexibility index (Phi) is 4.12. The van der Waals surface area contributed by atoms with Crippen LogP contribution in [0.1, 0.15) is 30.0 Å². The zero-order valence-electron chi connectivity index (χ0n) is 9.98. The molecule has 0 saturated heterocycles. The Morgan fingerprint density at radius 1 is 1.71 bits per heavy atom. The monoisotopic (exact) mass is 254 g/mol. The van der Waals surface area contributed by atoms with Gasteiger partial charge in [-0.2, -0.15) is 0 Å². The molecule has 0 radical (unpaired) electrons. The maximum atomic E-state index is 11.8. The lowest BCUT2D eigenvalue weighted by atomic mass is 10.1. The van der Waals surface area contributed by atoms with Gasteiger partial charge >= 0.3 is 0 Å². The van der Waals surface area contributed by atoms with Crippen LogP contribution in [0.3, 0.4) is 0 Å². The Balaban J connectivity index is 1.83. The number of nitrogens with zero attached hydrogens (tertiary/aromatic N) is 1. The summed E-state index contributed by atoms with van der Waals surface area (Å²) in [4.78, 5) is 16.1. The van der Waals surface area contributed by atoms with Gasteiger partial charge in [0, 0.05) is 18.0 Å². The lowest BCUT2D eigenvalue weighted by molar-refractivity contribution is -0.121. The van der Waals surface area contributed by atoms with E-state index in [2.05, 4.69) is 10.3 Å². The van der Waals surface area contributed by atoms with E-state index in [0.717, 1.165) is 10.7 Å². The largest absolute Gasteiger partial charge is 0.396 e. The summed E-state index contributed by atoms with van der Waals surface area (Å²) in [7, 11) is 0. The molecule has 1 aliphatic carbocycles. The van der Waals surface area contributed by atoms with Gasteiger partial charge < -0.3 is 10.4 Å². The number of hydrogen-bond donors (Lipinski definition) is 2. The lowest BCUT2D eigenvalue weighted by Gasteiger charge is -2.16. The average Bonchev–Trinajstić information content (AvgIpc) is 3.03. The van der Waals surface area contributed by atoms with Gasteiger partial charge in [-0.15, -0.1) is 11.3 Å². The van der Waals surface area contributed by atoms with Gasteiger partial charge in [-0.25, -0.2) is 4.98 Å². The summed E-state index contributed by atoms with van der Waals surface area (Å²) >= 11 is 1.56. The summed E-state index contributed by atoms with van der Waals surface area (Å²) < 4.78 is 0. The fourth-order valence-electron chi connectivity index (χ4n) is 1.98. The number of amides is 1. The van der Waals surface area contributed by atoms with Crippen molar-refractivity contribution >= 4 is 17.2 Å². The topological polar surface area (TPSA) is 62.2 Å². The molecular weight excluding hydrogens is 236 g/mol. The van der Waals surface area contributed by atoms with Crippen molar-refractivity contribution in [1.29, 1.82) is 0 Å². The maximum absolute atomic E-state index is 11.8. The Morgan fingerprint density at radius 3 is 3.00 bits per heavy atom. The number of carbonyl (C=O) groups excluding carboxylic acids is 1. The van der Waals surface area contributed by atoms with Gasteiger partial charge in [0.2, 0.25) is 5.91 Å². The second-order valence-corrected chi connectivity index (χ2v) is 5.62. The van der Waals surface area contributed by atoms with Gasteiger partial charge in [0.05, 0.1) is 17.1 Å². The van der Waals surface area contributed by atoms with Crippen LogP contribution < -0.4 is 5.32 Å². The third-order valence-electron chi connectivity index (χ3n) is 2.99. The standard InChI is InChI=1S/C12H18N2O2S/c1-8-13-10(7-17-8)6-12(16)14-11(4-5-15)9-2-3-9/h7,9,11,15H,2-6H2,1H3,(H,14,16). The summed E-state index contributed by atoms with van der Waals surface area (Å²) in [5, 5.41) is 14.9. The van der Waals surface area contributed by atoms with Crippen LogP contribution in [0.2, 0.25) is 0 Å². The number of hydrogen-bond acceptors (Lipinski definition) is 4. The molecule has 0 aromatic carbocycles. The van der Waals surface area contributed by atoms with Crippen molar-refractivity contribution in [3.05, 3.63) is 16.1 Å². The molecule has 2 rings (SSSR count). The predicted molar refractivity (Wildman–Crippen MR) is 66.9 cm³/mol. The van der Waals surface area contributed by atoms with Crippen molar-refractivity contribution in [2.45, 2.75) is 38.6 Å². The van der Waals surface area contributed by atoms with Crippen molar-refractivity contribution in [3.63, 3.8) is 0 Å². The number of nitrogens with one attached hydrogen (secondary N) is 1. The summed E-state index contributed by atoms with van der Waals surface area (Å²) in [5.74, 6) is 0.587. The van der Waals surface area contributed by atoms with Gasteiger partial charge in [0.15, 0.2) is 0 Å². The molecule has 1 fully saturated rings. The molecule has 17 heavy (non-hydrogen) atoms. The Morgan fingerprint density at radius 2 is 2.47 bits per heavy atom. The first kappa shape index (κ1) is 12.5. The summed E-state index contributed by atoms with van der Waals surface area (Å²) in [6.07, 6.45) is 3.34. The molecular formula is C12H18N2O2S. The van der Waals surface area contributed by atoms with Crippen molar-refractivity contribution in [1.82, 2.24) is 10.3 Å². The predicted octanol–water partition coefficient (Wildman–Crippen LogP) is 1.27. The number of aryl methyl sites for hydroxylation is 1. The van der Waals surface area contributed by atoms with Crippen LogP contribution in [-0.2, 0) is 11.2 Å². The summed E-state index contributed by atoms with van der Waals surface area (Å²) in [5.41, 5.74) is 0.837. The molecule has 1 aromatic rings. The first-order valence-electron chi connectivity index (χ1n) is 6.00. The highest BCUT2D eigenvalue weighted by Gasteiger charge is 2.31. The van der Waals surface area contributed by atoms with Crippen LogP contribution in [0.4, 0.5) is 0 Å². The zero-order chi connectivity index (χ0) is 12.3. The van der Waals surface area contributed by atoms with Crippen molar-refractivity contribution in [2.24, 2.45) is 5.92 Å². The van der Waals surface area contributed by atoms with E-state index in [1.165, 1.54) is 12.8 Å². The van der Waals surface area contributed by atoms with Crippen molar-refractivity contribution < 1.29 is 9.90 Å². The second kappa shape index (κ2) is 5.60. The number of rotatable bonds is 6. The van der Waals surface area contributed by atoms with Crippen molar-refractivity contribution in [2.75, 3.05) is 6.61 Å². The lowest BCUT2D eigenvalue weighted by Crippen LogP contribution is -2.38. The fraction of sp³-hybridized carbons (Fsp3) is 0.667. The summed E-state index contributed by atoms with van der Waals surface area (Å²) in [6, 6.07) is 0.146. The number of aliphatic hydroxyl groups is 1. The third kappa shape index (κ3) is 3.78. The van der Waals surface area contributed by atoms with Crippen LogP contribution in [-0.4, -0.2) is 28.6 Å². The molecule has 0 aliphatic heterocycles. The quantitative estimate of drug-likeness (QED) is 0.803. The molecule has 1 aliphatic rings. The maximum Gasteiger partial charge on any atom is 0.226 e. The second-order valence-electron chi connectivity index (χ2n) is 4.56. The minimum atomic E-state index is 0.0145. The molecule has 1 atom stereocenters. The van der Waals surface area contributed by atoms with E-state index in [4.69, 9.17) is 5.11 Å². The highest BCUT2D eigenvalue weighted by Crippen LogP contribution is 2.33. The Hall–Kier alpha value is -0.940. The van der Waals surface area contributed by atoms with Crippen LogP contribution in [0.25, 0.3) is 0 Å². The minimum absolute atomic E-state index is 0.0145. The number of aromatic nitrogens is 1. The smallest absolute Gasteiger partial charge is 0.226 e. The molecule has 1 saturated carbocycles. The number of thiazole rings is 1. The van der Waals surface area contributed by atoms with Gasteiger partial charge in [0.1, 0.15) is 0 Å². The zero-order valence-corrected chi connectivity index (χ0v) is 10.8. The normalized spacial score (nSPS) is 16.8. The molecule has 1 heterocycles. The molecule has 1 unspecified atom stereocenters. The van der Waals surface area contributed by atoms with E-state index >= 15 is 0 Å².